The molecule has 4 rings (SSSR count). The highest BCUT2D eigenvalue weighted by Gasteiger charge is 2.57. The number of carbonyl (C=O) groups excluding carboxylic acids is 2. The van der Waals surface area contributed by atoms with E-state index in [4.69, 9.17) is 0 Å². The predicted octanol–water partition coefficient (Wildman–Crippen LogP) is 1.08. The molecular weight excluding hydrogens is 324 g/mol. The Hall–Kier alpha value is -3.19. The molecule has 2 amide bonds. The SMILES string of the molecule is O=C(O)C[C@H]1NC(=O)c2ccccc2N2C(=O)c3ccccc3[C@@]12O. The van der Waals surface area contributed by atoms with E-state index in [0.29, 0.717) is 0 Å². The number of carboxylic acids is 1. The van der Waals surface area contributed by atoms with Crippen LogP contribution in [-0.2, 0) is 10.5 Å². The minimum atomic E-state index is -1.98. The van der Waals surface area contributed by atoms with Gasteiger partial charge in [0.25, 0.3) is 11.8 Å². The summed E-state index contributed by atoms with van der Waals surface area (Å²) in [7, 11) is 0. The molecule has 2 aromatic carbocycles. The number of nitrogens with one attached hydrogen (secondary N) is 1. The number of aliphatic carboxylic acids is 1. The number of carbonyl (C=O) groups is 3. The summed E-state index contributed by atoms with van der Waals surface area (Å²) in [5.74, 6) is -2.20. The molecule has 25 heavy (non-hydrogen) atoms. The number of anilines is 1. The summed E-state index contributed by atoms with van der Waals surface area (Å²) < 4.78 is 0. The Bertz CT molecular complexity index is 925. The Balaban J connectivity index is 2.02. The van der Waals surface area contributed by atoms with Gasteiger partial charge in [0.05, 0.1) is 23.7 Å². The highest BCUT2D eigenvalue weighted by atomic mass is 16.4. The maximum absolute atomic E-state index is 13.0. The summed E-state index contributed by atoms with van der Waals surface area (Å²) in [6.45, 7) is 0. The molecule has 0 aromatic heterocycles. The van der Waals surface area contributed by atoms with Crippen molar-refractivity contribution in [1.82, 2.24) is 5.32 Å². The summed E-state index contributed by atoms with van der Waals surface area (Å²) in [5.41, 5.74) is -0.963. The van der Waals surface area contributed by atoms with E-state index < -0.39 is 36.0 Å². The van der Waals surface area contributed by atoms with Crippen LogP contribution in [0.15, 0.2) is 48.5 Å². The van der Waals surface area contributed by atoms with Gasteiger partial charge in [-0.2, -0.15) is 0 Å². The van der Waals surface area contributed by atoms with Crippen molar-refractivity contribution in [3.05, 3.63) is 65.2 Å². The fourth-order valence-electron chi connectivity index (χ4n) is 3.59. The molecular formula is C18H14N2O5. The molecule has 7 nitrogen and oxygen atoms in total. The third kappa shape index (κ3) is 1.99. The number of benzene rings is 2. The Labute approximate surface area is 142 Å². The highest BCUT2D eigenvalue weighted by Crippen LogP contribution is 2.46. The topological polar surface area (TPSA) is 107 Å². The van der Waals surface area contributed by atoms with Gasteiger partial charge in [-0.15, -0.1) is 0 Å². The van der Waals surface area contributed by atoms with Crippen molar-refractivity contribution in [3.63, 3.8) is 0 Å². The largest absolute Gasteiger partial charge is 0.481 e. The number of para-hydroxylation sites is 1. The van der Waals surface area contributed by atoms with Crippen LogP contribution in [0, 0.1) is 0 Å². The fraction of sp³-hybridized carbons (Fsp3) is 0.167. The zero-order valence-corrected chi connectivity index (χ0v) is 13.0. The van der Waals surface area contributed by atoms with Gasteiger partial charge in [0.1, 0.15) is 0 Å². The lowest BCUT2D eigenvalue weighted by atomic mass is 9.92. The first-order valence-electron chi connectivity index (χ1n) is 7.72. The molecule has 0 fully saturated rings. The monoisotopic (exact) mass is 338 g/mol. The number of rotatable bonds is 2. The van der Waals surface area contributed by atoms with Crippen molar-refractivity contribution < 1.29 is 24.6 Å². The van der Waals surface area contributed by atoms with Crippen LogP contribution in [-0.4, -0.2) is 34.0 Å². The van der Waals surface area contributed by atoms with Crippen LogP contribution >= 0.6 is 0 Å². The smallest absolute Gasteiger partial charge is 0.305 e. The molecule has 2 atom stereocenters. The first-order chi connectivity index (χ1) is 11.9. The Morgan fingerprint density at radius 2 is 1.72 bits per heavy atom. The second kappa shape index (κ2) is 5.15. The van der Waals surface area contributed by atoms with Gasteiger partial charge in [-0.25, -0.2) is 0 Å². The quantitative estimate of drug-likeness (QED) is 0.759. The third-order valence-corrected chi connectivity index (χ3v) is 4.66. The van der Waals surface area contributed by atoms with Crippen LogP contribution in [0.3, 0.4) is 0 Å². The van der Waals surface area contributed by atoms with Gasteiger partial charge < -0.3 is 15.5 Å². The lowest BCUT2D eigenvalue weighted by Crippen LogP contribution is -2.57. The van der Waals surface area contributed by atoms with E-state index in [9.17, 15) is 24.6 Å². The van der Waals surface area contributed by atoms with E-state index in [2.05, 4.69) is 5.32 Å². The molecule has 2 aliphatic rings. The van der Waals surface area contributed by atoms with Crippen LogP contribution < -0.4 is 10.2 Å². The Morgan fingerprint density at radius 3 is 2.44 bits per heavy atom. The second-order valence-electron chi connectivity index (χ2n) is 6.05. The van der Waals surface area contributed by atoms with Gasteiger partial charge in [-0.3, -0.25) is 19.3 Å². The summed E-state index contributed by atoms with van der Waals surface area (Å²) in [4.78, 5) is 37.9. The van der Waals surface area contributed by atoms with Crippen molar-refractivity contribution in [2.75, 3.05) is 4.90 Å². The fourth-order valence-corrected chi connectivity index (χ4v) is 3.59. The van der Waals surface area contributed by atoms with Gasteiger partial charge in [0, 0.05) is 11.1 Å². The average Bonchev–Trinajstić information content (AvgIpc) is 2.77. The molecule has 0 bridgehead atoms. The number of nitrogens with zero attached hydrogens (tertiary/aromatic N) is 1. The molecule has 3 N–H and O–H groups in total. The van der Waals surface area contributed by atoms with E-state index in [0.717, 1.165) is 4.90 Å². The zero-order chi connectivity index (χ0) is 17.8. The highest BCUT2D eigenvalue weighted by molar-refractivity contribution is 6.16. The number of fused-ring (bicyclic) bond motifs is 5. The molecule has 0 aliphatic carbocycles. The Morgan fingerprint density at radius 1 is 1.08 bits per heavy atom. The zero-order valence-electron chi connectivity index (χ0n) is 13.0. The molecule has 2 heterocycles. The summed E-state index contributed by atoms with van der Waals surface area (Å²) in [5, 5.41) is 23.3. The first-order valence-corrected chi connectivity index (χ1v) is 7.72. The normalized spacial score (nSPS) is 24.0. The van der Waals surface area contributed by atoms with Crippen LogP contribution in [0.1, 0.15) is 32.7 Å². The van der Waals surface area contributed by atoms with Crippen LogP contribution in [0.5, 0.6) is 0 Å². The Kier molecular flexibility index (Phi) is 3.16. The summed E-state index contributed by atoms with van der Waals surface area (Å²) in [6, 6.07) is 11.7. The molecule has 0 unspecified atom stereocenters. The van der Waals surface area contributed by atoms with Crippen LogP contribution in [0.2, 0.25) is 0 Å². The van der Waals surface area contributed by atoms with E-state index >= 15 is 0 Å². The number of hydrogen-bond donors (Lipinski definition) is 3. The molecule has 2 aliphatic heterocycles. The van der Waals surface area contributed by atoms with E-state index in [1.807, 2.05) is 0 Å². The molecule has 7 heteroatoms. The van der Waals surface area contributed by atoms with E-state index in [-0.39, 0.29) is 22.4 Å². The van der Waals surface area contributed by atoms with Crippen LogP contribution in [0.4, 0.5) is 5.69 Å². The van der Waals surface area contributed by atoms with Gasteiger partial charge in [-0.05, 0) is 18.2 Å². The maximum atomic E-state index is 13.0. The average molecular weight is 338 g/mol. The predicted molar refractivity (Wildman–Crippen MR) is 87.1 cm³/mol. The van der Waals surface area contributed by atoms with Crippen molar-refractivity contribution in [1.29, 1.82) is 0 Å². The molecule has 2 aromatic rings. The number of carboxylic acid groups (broad SMARTS) is 1. The second-order valence-corrected chi connectivity index (χ2v) is 6.05. The molecule has 126 valence electrons. The van der Waals surface area contributed by atoms with Gasteiger partial charge in [-0.1, -0.05) is 30.3 Å². The van der Waals surface area contributed by atoms with Crippen molar-refractivity contribution in [2.24, 2.45) is 0 Å². The third-order valence-electron chi connectivity index (χ3n) is 4.66. The molecule has 0 saturated carbocycles. The first kappa shape index (κ1) is 15.3. The van der Waals surface area contributed by atoms with Crippen molar-refractivity contribution in [3.8, 4) is 0 Å². The van der Waals surface area contributed by atoms with Crippen LogP contribution in [0.25, 0.3) is 0 Å². The minimum absolute atomic E-state index is 0.204. The lowest BCUT2D eigenvalue weighted by Gasteiger charge is -2.38. The lowest BCUT2D eigenvalue weighted by molar-refractivity contribution is -0.139. The van der Waals surface area contributed by atoms with Gasteiger partial charge in [0.2, 0.25) is 0 Å². The molecule has 0 radical (unpaired) electrons. The summed E-state index contributed by atoms with van der Waals surface area (Å²) in [6.07, 6.45) is -0.533. The van der Waals surface area contributed by atoms with Gasteiger partial charge in [0.15, 0.2) is 5.72 Å². The van der Waals surface area contributed by atoms with Crippen molar-refractivity contribution in [2.45, 2.75) is 18.2 Å². The number of aliphatic hydroxyl groups is 1. The number of amides is 2. The van der Waals surface area contributed by atoms with E-state index in [1.54, 1.807) is 42.5 Å². The van der Waals surface area contributed by atoms with Gasteiger partial charge >= 0.3 is 5.97 Å². The number of hydrogen-bond acceptors (Lipinski definition) is 4. The van der Waals surface area contributed by atoms with E-state index in [1.165, 1.54) is 6.07 Å². The van der Waals surface area contributed by atoms with Crippen molar-refractivity contribution >= 4 is 23.5 Å². The molecule has 0 saturated heterocycles. The standard InChI is InChI=1S/C18H14N2O5/c21-15(22)9-14-18(25)12-7-3-1-5-10(12)17(24)20(18)13-8-4-2-6-11(13)16(23)19-14/h1-8,14,25H,9H2,(H,19,23)(H,21,22)/t14-,18-/m1/s1. The molecule has 0 spiro atoms. The summed E-state index contributed by atoms with van der Waals surface area (Å²) >= 11 is 0. The minimum Gasteiger partial charge on any atom is -0.481 e. The maximum Gasteiger partial charge on any atom is 0.305 e.